The van der Waals surface area contributed by atoms with E-state index in [-0.39, 0.29) is 11.7 Å². The van der Waals surface area contributed by atoms with Gasteiger partial charge in [-0.05, 0) is 24.3 Å². The molecule has 0 bridgehead atoms. The zero-order chi connectivity index (χ0) is 17.5. The Morgan fingerprint density at radius 3 is 2.40 bits per heavy atom. The van der Waals surface area contributed by atoms with Gasteiger partial charge in [0.1, 0.15) is 5.82 Å². The molecule has 0 unspecified atom stereocenters. The zero-order valence-corrected chi connectivity index (χ0v) is 14.6. The molecule has 2 fully saturated rings. The molecule has 7 heteroatoms. The Balaban J connectivity index is 1.33. The highest BCUT2D eigenvalue weighted by Crippen LogP contribution is 2.16. The van der Waals surface area contributed by atoms with Crippen molar-refractivity contribution in [1.82, 2.24) is 15.1 Å². The van der Waals surface area contributed by atoms with E-state index in [1.54, 1.807) is 12.1 Å². The Kier molecular flexibility index (Phi) is 6.61. The van der Waals surface area contributed by atoms with Crippen molar-refractivity contribution in [2.45, 2.75) is 0 Å². The normalized spacial score (nSPS) is 19.2. The average Bonchev–Trinajstić information content (AvgIpc) is 2.67. The maximum Gasteiger partial charge on any atom is 0.236 e. The van der Waals surface area contributed by atoms with E-state index in [1.807, 2.05) is 4.90 Å². The highest BCUT2D eigenvalue weighted by molar-refractivity contribution is 5.78. The van der Waals surface area contributed by atoms with E-state index in [4.69, 9.17) is 4.74 Å². The molecule has 25 heavy (non-hydrogen) atoms. The van der Waals surface area contributed by atoms with Crippen LogP contribution >= 0.6 is 0 Å². The lowest BCUT2D eigenvalue weighted by molar-refractivity contribution is -0.130. The second kappa shape index (κ2) is 9.12. The van der Waals surface area contributed by atoms with E-state index in [0.29, 0.717) is 19.6 Å². The van der Waals surface area contributed by atoms with E-state index < -0.39 is 0 Å². The largest absolute Gasteiger partial charge is 0.379 e. The number of nitrogens with one attached hydrogen (secondary N) is 1. The second-order valence-corrected chi connectivity index (χ2v) is 6.48. The molecule has 0 aliphatic carbocycles. The molecule has 6 nitrogen and oxygen atoms in total. The smallest absolute Gasteiger partial charge is 0.236 e. The van der Waals surface area contributed by atoms with Crippen LogP contribution in [0.15, 0.2) is 24.3 Å². The molecule has 1 aromatic rings. The first-order valence-corrected chi connectivity index (χ1v) is 9.01. The number of benzene rings is 1. The quantitative estimate of drug-likeness (QED) is 0.753. The number of halogens is 1. The molecule has 0 aromatic heterocycles. The summed E-state index contributed by atoms with van der Waals surface area (Å²) in [5.41, 5.74) is 1.01. The lowest BCUT2D eigenvalue weighted by Crippen LogP contribution is -2.51. The van der Waals surface area contributed by atoms with Crippen LogP contribution < -0.4 is 10.2 Å². The average molecular weight is 350 g/mol. The Morgan fingerprint density at radius 1 is 1.04 bits per heavy atom. The third-order valence-corrected chi connectivity index (χ3v) is 4.81. The molecular formula is C18H27FN4O2. The third-order valence-electron chi connectivity index (χ3n) is 4.81. The van der Waals surface area contributed by atoms with E-state index in [2.05, 4.69) is 15.1 Å². The van der Waals surface area contributed by atoms with Crippen LogP contribution in [0.1, 0.15) is 0 Å². The number of carbonyl (C=O) groups is 1. The van der Waals surface area contributed by atoms with Crippen LogP contribution in [0, 0.1) is 5.82 Å². The summed E-state index contributed by atoms with van der Waals surface area (Å²) in [5.74, 6) is -0.0681. The molecule has 1 aromatic carbocycles. The number of hydrogen-bond acceptors (Lipinski definition) is 5. The molecule has 0 atom stereocenters. The topological polar surface area (TPSA) is 48.1 Å². The minimum Gasteiger partial charge on any atom is -0.379 e. The van der Waals surface area contributed by atoms with Gasteiger partial charge in [0.25, 0.3) is 0 Å². The molecule has 2 aliphatic rings. The summed E-state index contributed by atoms with van der Waals surface area (Å²) in [7, 11) is 0. The molecule has 0 radical (unpaired) electrons. The highest BCUT2D eigenvalue weighted by atomic mass is 19.1. The van der Waals surface area contributed by atoms with E-state index in [9.17, 15) is 9.18 Å². The Bertz CT molecular complexity index is 541. The van der Waals surface area contributed by atoms with Gasteiger partial charge >= 0.3 is 0 Å². The number of ether oxygens (including phenoxy) is 1. The Labute approximate surface area is 148 Å². The van der Waals surface area contributed by atoms with Gasteiger partial charge in [-0.1, -0.05) is 0 Å². The van der Waals surface area contributed by atoms with Gasteiger partial charge in [-0.2, -0.15) is 0 Å². The summed E-state index contributed by atoms with van der Waals surface area (Å²) in [5, 5.41) is 3.25. The number of rotatable bonds is 6. The fourth-order valence-corrected chi connectivity index (χ4v) is 3.24. The van der Waals surface area contributed by atoms with Gasteiger partial charge in [-0.15, -0.1) is 0 Å². The Hall–Kier alpha value is -1.70. The predicted molar refractivity (Wildman–Crippen MR) is 95.3 cm³/mol. The van der Waals surface area contributed by atoms with Gasteiger partial charge in [-0.3, -0.25) is 9.69 Å². The monoisotopic (exact) mass is 350 g/mol. The molecular weight excluding hydrogens is 323 g/mol. The summed E-state index contributed by atoms with van der Waals surface area (Å²) in [6, 6.07) is 6.54. The number of nitrogens with zero attached hydrogens (tertiary/aromatic N) is 3. The van der Waals surface area contributed by atoms with Gasteiger partial charge in [0, 0.05) is 58.0 Å². The van der Waals surface area contributed by atoms with Crippen molar-refractivity contribution in [3.05, 3.63) is 30.1 Å². The van der Waals surface area contributed by atoms with Gasteiger partial charge in [0.15, 0.2) is 0 Å². The minimum absolute atomic E-state index is 0.153. The summed E-state index contributed by atoms with van der Waals surface area (Å²) in [4.78, 5) is 18.7. The van der Waals surface area contributed by atoms with Gasteiger partial charge in [-0.25, -0.2) is 4.39 Å². The molecule has 0 spiro atoms. The van der Waals surface area contributed by atoms with E-state index >= 15 is 0 Å². The summed E-state index contributed by atoms with van der Waals surface area (Å²) in [6.45, 7) is 8.70. The van der Waals surface area contributed by atoms with Gasteiger partial charge < -0.3 is 19.9 Å². The SMILES string of the molecule is O=C(CNCCN1CCOCC1)N1CCN(c2ccc(F)cc2)CC1. The van der Waals surface area contributed by atoms with Crippen molar-refractivity contribution in [3.63, 3.8) is 0 Å². The fourth-order valence-electron chi connectivity index (χ4n) is 3.24. The van der Waals surface area contributed by atoms with Crippen LogP contribution in [-0.4, -0.2) is 87.8 Å². The van der Waals surface area contributed by atoms with Gasteiger partial charge in [0.2, 0.25) is 5.91 Å². The highest BCUT2D eigenvalue weighted by Gasteiger charge is 2.21. The first-order valence-electron chi connectivity index (χ1n) is 9.01. The molecule has 2 heterocycles. The molecule has 2 aliphatic heterocycles. The van der Waals surface area contributed by atoms with Crippen LogP contribution in [0.2, 0.25) is 0 Å². The molecule has 1 N–H and O–H groups in total. The van der Waals surface area contributed by atoms with Crippen molar-refractivity contribution in [1.29, 1.82) is 0 Å². The number of anilines is 1. The van der Waals surface area contributed by atoms with Crippen LogP contribution in [-0.2, 0) is 9.53 Å². The van der Waals surface area contributed by atoms with Crippen molar-refractivity contribution >= 4 is 11.6 Å². The second-order valence-electron chi connectivity index (χ2n) is 6.48. The fraction of sp³-hybridized carbons (Fsp3) is 0.611. The first kappa shape index (κ1) is 18.1. The number of morpholine rings is 1. The standard InChI is InChI=1S/C18H27FN4O2/c19-16-1-3-17(4-2-16)22-7-9-23(10-8-22)18(24)15-20-5-6-21-11-13-25-14-12-21/h1-4,20H,5-15H2. The number of amides is 1. The van der Waals surface area contributed by atoms with Crippen molar-refractivity contribution in [3.8, 4) is 0 Å². The van der Waals surface area contributed by atoms with Gasteiger partial charge in [0.05, 0.1) is 19.8 Å². The molecule has 0 saturated carbocycles. The first-order chi connectivity index (χ1) is 12.2. The number of hydrogen-bond donors (Lipinski definition) is 1. The Morgan fingerprint density at radius 2 is 1.72 bits per heavy atom. The van der Waals surface area contributed by atoms with Crippen LogP contribution in [0.25, 0.3) is 0 Å². The maximum atomic E-state index is 13.0. The maximum absolute atomic E-state index is 13.0. The summed E-state index contributed by atoms with van der Waals surface area (Å²) >= 11 is 0. The molecule has 3 rings (SSSR count). The predicted octanol–water partition coefficient (Wildman–Crippen LogP) is 0.396. The summed E-state index contributed by atoms with van der Waals surface area (Å²) in [6.07, 6.45) is 0. The van der Waals surface area contributed by atoms with E-state index in [1.165, 1.54) is 12.1 Å². The van der Waals surface area contributed by atoms with Crippen LogP contribution in [0.4, 0.5) is 10.1 Å². The van der Waals surface area contributed by atoms with Crippen LogP contribution in [0.5, 0.6) is 0 Å². The molecule has 138 valence electrons. The minimum atomic E-state index is -0.222. The van der Waals surface area contributed by atoms with Crippen molar-refractivity contribution < 1.29 is 13.9 Å². The lowest BCUT2D eigenvalue weighted by Gasteiger charge is -2.36. The number of carbonyl (C=O) groups excluding carboxylic acids is 1. The van der Waals surface area contributed by atoms with E-state index in [0.717, 1.165) is 58.2 Å². The lowest BCUT2D eigenvalue weighted by atomic mass is 10.2. The van der Waals surface area contributed by atoms with Crippen molar-refractivity contribution in [2.24, 2.45) is 0 Å². The molecule has 2 saturated heterocycles. The summed E-state index contributed by atoms with van der Waals surface area (Å²) < 4.78 is 18.3. The number of piperazine rings is 1. The van der Waals surface area contributed by atoms with Crippen LogP contribution in [0.3, 0.4) is 0 Å². The third kappa shape index (κ3) is 5.39. The molecule has 1 amide bonds. The van der Waals surface area contributed by atoms with Crippen molar-refractivity contribution in [2.75, 3.05) is 77.0 Å². The zero-order valence-electron chi connectivity index (χ0n) is 14.6.